The smallest absolute Gasteiger partial charge is 0.249 e. The van der Waals surface area contributed by atoms with Crippen LogP contribution in [0.25, 0.3) is 0 Å². The second-order valence-electron chi connectivity index (χ2n) is 6.47. The molecule has 24 heavy (non-hydrogen) atoms. The van der Waals surface area contributed by atoms with Gasteiger partial charge in [0.05, 0.1) is 6.42 Å². The molecule has 2 aliphatic rings. The van der Waals surface area contributed by atoms with E-state index in [0.717, 1.165) is 31.2 Å². The predicted molar refractivity (Wildman–Crippen MR) is 86.8 cm³/mol. The molecule has 5 nitrogen and oxygen atoms in total. The standard InChI is InChI=1S/C18H23FN2O3/c19-14-5-3-13(4-6-14)12-17(22)21-9-7-15(8-10-21)20-18(23)16-2-1-11-24-16/h3-6,15-16H,1-2,7-12H2,(H,20,23). The SMILES string of the molecule is O=C(NC1CCN(C(=O)Cc2ccc(F)cc2)CC1)C1CCCO1. The van der Waals surface area contributed by atoms with Crippen LogP contribution in [-0.4, -0.2) is 48.6 Å². The maximum Gasteiger partial charge on any atom is 0.249 e. The number of rotatable bonds is 4. The number of nitrogens with zero attached hydrogens (tertiary/aromatic N) is 1. The lowest BCUT2D eigenvalue weighted by atomic mass is 10.0. The first-order valence-corrected chi connectivity index (χ1v) is 8.56. The molecule has 1 N–H and O–H groups in total. The van der Waals surface area contributed by atoms with Gasteiger partial charge in [-0.15, -0.1) is 0 Å². The van der Waals surface area contributed by atoms with Crippen molar-refractivity contribution in [1.82, 2.24) is 10.2 Å². The van der Waals surface area contributed by atoms with Crippen molar-refractivity contribution < 1.29 is 18.7 Å². The molecule has 0 aromatic heterocycles. The Morgan fingerprint density at radius 2 is 1.88 bits per heavy atom. The molecule has 2 aliphatic heterocycles. The van der Waals surface area contributed by atoms with Gasteiger partial charge >= 0.3 is 0 Å². The van der Waals surface area contributed by atoms with Crippen molar-refractivity contribution >= 4 is 11.8 Å². The zero-order valence-corrected chi connectivity index (χ0v) is 13.7. The van der Waals surface area contributed by atoms with Gasteiger partial charge in [-0.1, -0.05) is 12.1 Å². The van der Waals surface area contributed by atoms with E-state index in [4.69, 9.17) is 4.74 Å². The Kier molecular flexibility index (Phi) is 5.45. The Bertz CT molecular complexity index is 576. The van der Waals surface area contributed by atoms with Gasteiger partial charge in [0.2, 0.25) is 11.8 Å². The largest absolute Gasteiger partial charge is 0.368 e. The van der Waals surface area contributed by atoms with Gasteiger partial charge in [-0.05, 0) is 43.4 Å². The molecule has 1 aromatic rings. The molecule has 1 atom stereocenters. The van der Waals surface area contributed by atoms with Gasteiger partial charge in [-0.2, -0.15) is 0 Å². The van der Waals surface area contributed by atoms with Gasteiger partial charge < -0.3 is 15.0 Å². The topological polar surface area (TPSA) is 58.6 Å². The first-order chi connectivity index (χ1) is 11.6. The Hall–Kier alpha value is -1.95. The van der Waals surface area contributed by atoms with Crippen molar-refractivity contribution in [3.05, 3.63) is 35.6 Å². The number of benzene rings is 1. The zero-order valence-electron chi connectivity index (χ0n) is 13.7. The fourth-order valence-electron chi connectivity index (χ4n) is 3.24. The van der Waals surface area contributed by atoms with Crippen molar-refractivity contribution in [2.24, 2.45) is 0 Å². The molecule has 0 aliphatic carbocycles. The first-order valence-electron chi connectivity index (χ1n) is 8.56. The van der Waals surface area contributed by atoms with Gasteiger partial charge in [0.1, 0.15) is 11.9 Å². The van der Waals surface area contributed by atoms with Crippen LogP contribution < -0.4 is 5.32 Å². The third-order valence-corrected chi connectivity index (χ3v) is 4.68. The monoisotopic (exact) mass is 334 g/mol. The molecule has 2 fully saturated rings. The summed E-state index contributed by atoms with van der Waals surface area (Å²) in [5.74, 6) is -0.275. The number of halogens is 1. The third-order valence-electron chi connectivity index (χ3n) is 4.68. The number of carbonyl (C=O) groups is 2. The van der Waals surface area contributed by atoms with Crippen LogP contribution in [0.5, 0.6) is 0 Å². The molecule has 2 saturated heterocycles. The van der Waals surface area contributed by atoms with Crippen molar-refractivity contribution in [3.8, 4) is 0 Å². The van der Waals surface area contributed by atoms with E-state index in [1.807, 2.05) is 4.90 Å². The Morgan fingerprint density at radius 1 is 1.17 bits per heavy atom. The number of ether oxygens (including phenoxy) is 1. The second-order valence-corrected chi connectivity index (χ2v) is 6.47. The summed E-state index contributed by atoms with van der Waals surface area (Å²) >= 11 is 0. The molecule has 0 saturated carbocycles. The summed E-state index contributed by atoms with van der Waals surface area (Å²) < 4.78 is 18.3. The highest BCUT2D eigenvalue weighted by atomic mass is 19.1. The number of piperidine rings is 1. The summed E-state index contributed by atoms with van der Waals surface area (Å²) in [5.41, 5.74) is 0.815. The maximum atomic E-state index is 12.9. The van der Waals surface area contributed by atoms with E-state index in [2.05, 4.69) is 5.32 Å². The minimum absolute atomic E-state index is 0.0245. The highest BCUT2D eigenvalue weighted by Crippen LogP contribution is 2.16. The van der Waals surface area contributed by atoms with Crippen molar-refractivity contribution in [1.29, 1.82) is 0 Å². The van der Waals surface area contributed by atoms with Gasteiger partial charge in [0.15, 0.2) is 0 Å². The van der Waals surface area contributed by atoms with E-state index >= 15 is 0 Å². The quantitative estimate of drug-likeness (QED) is 0.911. The minimum atomic E-state index is -0.303. The summed E-state index contributed by atoms with van der Waals surface area (Å²) in [6.07, 6.45) is 3.23. The van der Waals surface area contributed by atoms with Crippen LogP contribution in [0.2, 0.25) is 0 Å². The summed E-state index contributed by atoms with van der Waals surface area (Å²) in [6, 6.07) is 6.13. The van der Waals surface area contributed by atoms with Crippen LogP contribution in [0, 0.1) is 5.82 Å². The van der Waals surface area contributed by atoms with Crippen LogP contribution in [0.3, 0.4) is 0 Å². The van der Waals surface area contributed by atoms with E-state index in [9.17, 15) is 14.0 Å². The number of nitrogens with one attached hydrogen (secondary N) is 1. The highest BCUT2D eigenvalue weighted by Gasteiger charge is 2.28. The minimum Gasteiger partial charge on any atom is -0.368 e. The second kappa shape index (κ2) is 7.75. The van der Waals surface area contributed by atoms with Crippen LogP contribution in [0.1, 0.15) is 31.2 Å². The van der Waals surface area contributed by atoms with Gasteiger partial charge in [-0.25, -0.2) is 4.39 Å². The molecule has 3 rings (SSSR count). The molecule has 0 spiro atoms. The normalized spacial score (nSPS) is 21.7. The van der Waals surface area contributed by atoms with E-state index < -0.39 is 0 Å². The molecule has 2 heterocycles. The van der Waals surface area contributed by atoms with E-state index in [1.54, 1.807) is 12.1 Å². The molecule has 6 heteroatoms. The van der Waals surface area contributed by atoms with Crippen molar-refractivity contribution in [2.45, 2.75) is 44.2 Å². The fourth-order valence-corrected chi connectivity index (χ4v) is 3.24. The van der Waals surface area contributed by atoms with Crippen LogP contribution in [0.4, 0.5) is 4.39 Å². The average Bonchev–Trinajstić information content (AvgIpc) is 3.12. The summed E-state index contributed by atoms with van der Waals surface area (Å²) in [6.45, 7) is 1.93. The lowest BCUT2D eigenvalue weighted by Gasteiger charge is -2.33. The summed E-state index contributed by atoms with van der Waals surface area (Å²) in [5, 5.41) is 3.03. The molecule has 1 unspecified atom stereocenters. The number of hydrogen-bond donors (Lipinski definition) is 1. The molecule has 130 valence electrons. The fraction of sp³-hybridized carbons (Fsp3) is 0.556. The van der Waals surface area contributed by atoms with Gasteiger partial charge in [-0.3, -0.25) is 9.59 Å². The van der Waals surface area contributed by atoms with E-state index in [1.165, 1.54) is 12.1 Å². The van der Waals surface area contributed by atoms with E-state index in [-0.39, 0.29) is 36.2 Å². The van der Waals surface area contributed by atoms with Crippen LogP contribution in [-0.2, 0) is 20.7 Å². The maximum absolute atomic E-state index is 12.9. The third kappa shape index (κ3) is 4.32. The molecule has 0 bridgehead atoms. The highest BCUT2D eigenvalue weighted by molar-refractivity contribution is 5.81. The van der Waals surface area contributed by atoms with Crippen LogP contribution in [0.15, 0.2) is 24.3 Å². The Morgan fingerprint density at radius 3 is 2.50 bits per heavy atom. The average molecular weight is 334 g/mol. The number of hydrogen-bond acceptors (Lipinski definition) is 3. The lowest BCUT2D eigenvalue weighted by Crippen LogP contribution is -2.49. The van der Waals surface area contributed by atoms with Crippen molar-refractivity contribution in [2.75, 3.05) is 19.7 Å². The molecule has 1 aromatic carbocycles. The molecular weight excluding hydrogens is 311 g/mol. The Labute approximate surface area is 141 Å². The number of amides is 2. The van der Waals surface area contributed by atoms with Crippen molar-refractivity contribution in [3.63, 3.8) is 0 Å². The molecule has 0 radical (unpaired) electrons. The zero-order chi connectivity index (χ0) is 16.9. The first kappa shape index (κ1) is 16.9. The van der Waals surface area contributed by atoms with Gasteiger partial charge in [0.25, 0.3) is 0 Å². The summed E-state index contributed by atoms with van der Waals surface area (Å²) in [4.78, 5) is 26.2. The van der Waals surface area contributed by atoms with E-state index in [0.29, 0.717) is 19.7 Å². The van der Waals surface area contributed by atoms with Crippen LogP contribution >= 0.6 is 0 Å². The number of likely N-dealkylation sites (tertiary alicyclic amines) is 1. The van der Waals surface area contributed by atoms with Gasteiger partial charge in [0, 0.05) is 25.7 Å². The molecular formula is C18H23FN2O3. The number of carbonyl (C=O) groups excluding carboxylic acids is 2. The predicted octanol–water partition coefficient (Wildman–Crippen LogP) is 1.65. The molecule has 2 amide bonds. The summed E-state index contributed by atoms with van der Waals surface area (Å²) in [7, 11) is 0. The Balaban J connectivity index is 1.43. The lowest BCUT2D eigenvalue weighted by molar-refractivity contribution is -0.132.